The van der Waals surface area contributed by atoms with E-state index in [9.17, 15) is 14.4 Å². The molecule has 0 saturated carbocycles. The fraction of sp³-hybridized carbons (Fsp3) is 0.214. The average Bonchev–Trinajstić information content (AvgIpc) is 2.43. The number of benzene rings is 1. The van der Waals surface area contributed by atoms with Gasteiger partial charge in [0.05, 0.1) is 11.3 Å². The molecule has 0 unspecified atom stereocenters. The van der Waals surface area contributed by atoms with E-state index in [4.69, 9.17) is 5.11 Å². The predicted octanol–water partition coefficient (Wildman–Crippen LogP) is 1.20. The topological polar surface area (TPSA) is 108 Å². The monoisotopic (exact) mass is 291 g/mol. The maximum Gasteiger partial charge on any atom is 0.337 e. The van der Waals surface area contributed by atoms with E-state index >= 15 is 0 Å². The molecule has 0 saturated heterocycles. The van der Waals surface area contributed by atoms with Gasteiger partial charge in [-0.15, -0.1) is 0 Å². The SMILES string of the molecule is C=C(C)C(=O)NCCNC(=O)Nc1ccccc1C(=O)O. The van der Waals surface area contributed by atoms with Crippen LogP contribution in [0.4, 0.5) is 10.5 Å². The molecule has 1 aromatic carbocycles. The maximum atomic E-state index is 11.6. The molecule has 0 fully saturated rings. The summed E-state index contributed by atoms with van der Waals surface area (Å²) < 4.78 is 0. The summed E-state index contributed by atoms with van der Waals surface area (Å²) in [6, 6.07) is 5.53. The zero-order valence-corrected chi connectivity index (χ0v) is 11.6. The van der Waals surface area contributed by atoms with Crippen molar-refractivity contribution in [3.63, 3.8) is 0 Å². The standard InChI is InChI=1S/C14H17N3O4/c1-9(2)12(18)15-7-8-16-14(21)17-11-6-4-3-5-10(11)13(19)20/h3-6H,1,7-8H2,2H3,(H,15,18)(H,19,20)(H2,16,17,21). The number of para-hydroxylation sites is 1. The van der Waals surface area contributed by atoms with Crippen LogP contribution in [-0.2, 0) is 4.79 Å². The third kappa shape index (κ3) is 5.35. The molecule has 0 aliphatic heterocycles. The van der Waals surface area contributed by atoms with Gasteiger partial charge in [0.15, 0.2) is 0 Å². The van der Waals surface area contributed by atoms with Gasteiger partial charge >= 0.3 is 12.0 Å². The van der Waals surface area contributed by atoms with Crippen LogP contribution in [0.1, 0.15) is 17.3 Å². The molecule has 112 valence electrons. The van der Waals surface area contributed by atoms with Crippen LogP contribution in [-0.4, -0.2) is 36.1 Å². The van der Waals surface area contributed by atoms with Crippen LogP contribution in [0, 0.1) is 0 Å². The Bertz CT molecular complexity index is 569. The van der Waals surface area contributed by atoms with Gasteiger partial charge in [-0.3, -0.25) is 4.79 Å². The Balaban J connectivity index is 2.43. The Morgan fingerprint density at radius 3 is 2.38 bits per heavy atom. The number of amides is 3. The lowest BCUT2D eigenvalue weighted by Gasteiger charge is -2.10. The van der Waals surface area contributed by atoms with Crippen molar-refractivity contribution in [2.75, 3.05) is 18.4 Å². The lowest BCUT2D eigenvalue weighted by molar-refractivity contribution is -0.117. The van der Waals surface area contributed by atoms with Gasteiger partial charge in [-0.05, 0) is 19.1 Å². The quantitative estimate of drug-likeness (QED) is 0.466. The Kier molecular flexibility index (Phi) is 5.94. The lowest BCUT2D eigenvalue weighted by Crippen LogP contribution is -2.37. The van der Waals surface area contributed by atoms with Gasteiger partial charge in [-0.25, -0.2) is 9.59 Å². The number of nitrogens with one attached hydrogen (secondary N) is 3. The van der Waals surface area contributed by atoms with E-state index in [1.807, 2.05) is 0 Å². The van der Waals surface area contributed by atoms with Crippen molar-refractivity contribution in [2.45, 2.75) is 6.92 Å². The van der Waals surface area contributed by atoms with Crippen LogP contribution in [0.5, 0.6) is 0 Å². The zero-order valence-electron chi connectivity index (χ0n) is 11.6. The third-order valence-electron chi connectivity index (χ3n) is 2.49. The van der Waals surface area contributed by atoms with Crippen molar-refractivity contribution in [3.05, 3.63) is 42.0 Å². The summed E-state index contributed by atoms with van der Waals surface area (Å²) in [5.41, 5.74) is 0.589. The highest BCUT2D eigenvalue weighted by Gasteiger charge is 2.11. The zero-order chi connectivity index (χ0) is 15.8. The molecule has 7 nitrogen and oxygen atoms in total. The molecule has 0 atom stereocenters. The molecule has 0 spiro atoms. The molecular formula is C14H17N3O4. The van der Waals surface area contributed by atoms with Crippen molar-refractivity contribution in [2.24, 2.45) is 0 Å². The van der Waals surface area contributed by atoms with Crippen molar-refractivity contribution >= 4 is 23.6 Å². The van der Waals surface area contributed by atoms with Crippen molar-refractivity contribution in [1.29, 1.82) is 0 Å². The maximum absolute atomic E-state index is 11.6. The van der Waals surface area contributed by atoms with Crippen LogP contribution in [0.25, 0.3) is 0 Å². The molecular weight excluding hydrogens is 274 g/mol. The number of carbonyl (C=O) groups excluding carboxylic acids is 2. The van der Waals surface area contributed by atoms with E-state index in [0.29, 0.717) is 5.57 Å². The summed E-state index contributed by atoms with van der Waals surface area (Å²) in [6.07, 6.45) is 0. The molecule has 1 aromatic rings. The second-order valence-electron chi connectivity index (χ2n) is 4.27. The summed E-state index contributed by atoms with van der Waals surface area (Å²) in [5, 5.41) is 16.5. The van der Waals surface area contributed by atoms with E-state index in [-0.39, 0.29) is 30.2 Å². The van der Waals surface area contributed by atoms with Gasteiger partial charge in [-0.1, -0.05) is 18.7 Å². The molecule has 7 heteroatoms. The molecule has 4 N–H and O–H groups in total. The van der Waals surface area contributed by atoms with Crippen LogP contribution >= 0.6 is 0 Å². The third-order valence-corrected chi connectivity index (χ3v) is 2.49. The fourth-order valence-electron chi connectivity index (χ4n) is 1.45. The van der Waals surface area contributed by atoms with Gasteiger partial charge in [0.2, 0.25) is 5.91 Å². The second kappa shape index (κ2) is 7.68. The Labute approximate surface area is 122 Å². The summed E-state index contributed by atoms with van der Waals surface area (Å²) in [6.45, 7) is 5.52. The average molecular weight is 291 g/mol. The van der Waals surface area contributed by atoms with Crippen LogP contribution in [0.2, 0.25) is 0 Å². The first-order valence-electron chi connectivity index (χ1n) is 6.22. The number of hydrogen-bond donors (Lipinski definition) is 4. The Hall–Kier alpha value is -2.83. The molecule has 0 heterocycles. The minimum absolute atomic E-state index is 0.00300. The molecule has 21 heavy (non-hydrogen) atoms. The van der Waals surface area contributed by atoms with Crippen molar-refractivity contribution in [3.8, 4) is 0 Å². The Morgan fingerprint density at radius 2 is 1.76 bits per heavy atom. The number of carbonyl (C=O) groups is 3. The van der Waals surface area contributed by atoms with Crippen LogP contribution in [0.3, 0.4) is 0 Å². The molecule has 3 amide bonds. The molecule has 0 bridgehead atoms. The normalized spacial score (nSPS) is 9.57. The van der Waals surface area contributed by atoms with Gasteiger partial charge in [0.1, 0.15) is 0 Å². The predicted molar refractivity (Wildman–Crippen MR) is 78.2 cm³/mol. The highest BCUT2D eigenvalue weighted by atomic mass is 16.4. The molecule has 0 aliphatic rings. The number of hydrogen-bond acceptors (Lipinski definition) is 3. The molecule has 0 radical (unpaired) electrons. The van der Waals surface area contributed by atoms with Gasteiger partial charge in [-0.2, -0.15) is 0 Å². The number of anilines is 1. The van der Waals surface area contributed by atoms with Crippen LogP contribution < -0.4 is 16.0 Å². The Morgan fingerprint density at radius 1 is 1.14 bits per heavy atom. The van der Waals surface area contributed by atoms with E-state index in [1.165, 1.54) is 12.1 Å². The number of carboxylic acid groups (broad SMARTS) is 1. The van der Waals surface area contributed by atoms with Crippen LogP contribution in [0.15, 0.2) is 36.4 Å². The van der Waals surface area contributed by atoms with Gasteiger partial charge in [0.25, 0.3) is 0 Å². The van der Waals surface area contributed by atoms with E-state index in [1.54, 1.807) is 19.1 Å². The second-order valence-corrected chi connectivity index (χ2v) is 4.27. The lowest BCUT2D eigenvalue weighted by atomic mass is 10.2. The first kappa shape index (κ1) is 16.2. The van der Waals surface area contributed by atoms with E-state index in [2.05, 4.69) is 22.5 Å². The van der Waals surface area contributed by atoms with E-state index in [0.717, 1.165) is 0 Å². The number of carboxylic acids is 1. The highest BCUT2D eigenvalue weighted by Crippen LogP contribution is 2.14. The highest BCUT2D eigenvalue weighted by molar-refractivity contribution is 6.00. The molecule has 0 aliphatic carbocycles. The summed E-state index contributed by atoms with van der Waals surface area (Å²) in [7, 11) is 0. The molecule has 0 aromatic heterocycles. The fourth-order valence-corrected chi connectivity index (χ4v) is 1.45. The summed E-state index contributed by atoms with van der Waals surface area (Å²) in [4.78, 5) is 33.8. The minimum Gasteiger partial charge on any atom is -0.478 e. The first-order chi connectivity index (χ1) is 9.91. The largest absolute Gasteiger partial charge is 0.478 e. The minimum atomic E-state index is -1.13. The molecule has 1 rings (SSSR count). The first-order valence-corrected chi connectivity index (χ1v) is 6.22. The van der Waals surface area contributed by atoms with E-state index < -0.39 is 12.0 Å². The number of urea groups is 1. The van der Waals surface area contributed by atoms with Gasteiger partial charge in [0, 0.05) is 18.7 Å². The number of rotatable bonds is 6. The number of aromatic carboxylic acids is 1. The summed E-state index contributed by atoms with van der Waals surface area (Å²) >= 11 is 0. The van der Waals surface area contributed by atoms with Gasteiger partial charge < -0.3 is 21.1 Å². The summed E-state index contributed by atoms with van der Waals surface area (Å²) in [5.74, 6) is -1.41. The van der Waals surface area contributed by atoms with Crippen molar-refractivity contribution in [1.82, 2.24) is 10.6 Å². The smallest absolute Gasteiger partial charge is 0.337 e. The van der Waals surface area contributed by atoms with Crippen molar-refractivity contribution < 1.29 is 19.5 Å².